The molecule has 0 aromatic heterocycles. The Hall–Kier alpha value is -2.39. The molecule has 0 heterocycles. The fourth-order valence-electron chi connectivity index (χ4n) is 3.25. The van der Waals surface area contributed by atoms with Crippen LogP contribution in [0.25, 0.3) is 0 Å². The molecule has 1 amide bonds. The van der Waals surface area contributed by atoms with Crippen LogP contribution in [0.5, 0.6) is 0 Å². The summed E-state index contributed by atoms with van der Waals surface area (Å²) in [6.45, 7) is 1.17. The first-order valence-corrected chi connectivity index (χ1v) is 8.90. The van der Waals surface area contributed by atoms with Crippen molar-refractivity contribution in [2.24, 2.45) is 0 Å². The first-order chi connectivity index (χ1) is 12.1. The van der Waals surface area contributed by atoms with Gasteiger partial charge in [0.05, 0.1) is 5.60 Å². The van der Waals surface area contributed by atoms with E-state index in [4.69, 9.17) is 0 Å². The Kier molecular flexibility index (Phi) is 5.67. The lowest BCUT2D eigenvalue weighted by molar-refractivity contribution is -0.133. The number of aliphatic hydroxyl groups is 1. The van der Waals surface area contributed by atoms with Crippen LogP contribution in [-0.4, -0.2) is 21.5 Å². The molecule has 0 bridgehead atoms. The summed E-state index contributed by atoms with van der Waals surface area (Å²) in [5.41, 5.74) is 1.43. The van der Waals surface area contributed by atoms with Crippen molar-refractivity contribution in [3.63, 3.8) is 0 Å². The summed E-state index contributed by atoms with van der Waals surface area (Å²) in [6.07, 6.45) is 6.30. The molecule has 0 saturated heterocycles. The molecular weight excluding hydrogens is 310 g/mol. The van der Waals surface area contributed by atoms with Crippen molar-refractivity contribution in [2.75, 3.05) is 0 Å². The SMILES string of the molecule is O=C(CCC1(O)C=CCC1)N(Cc1ccccc1)Cc1ccccc1. The van der Waals surface area contributed by atoms with Gasteiger partial charge in [0, 0.05) is 19.5 Å². The van der Waals surface area contributed by atoms with Gasteiger partial charge in [-0.1, -0.05) is 72.8 Å². The maximum absolute atomic E-state index is 12.8. The second-order valence-electron chi connectivity index (χ2n) is 6.77. The number of hydrogen-bond donors (Lipinski definition) is 1. The Morgan fingerprint density at radius 1 is 0.960 bits per heavy atom. The summed E-state index contributed by atoms with van der Waals surface area (Å²) < 4.78 is 0. The van der Waals surface area contributed by atoms with Gasteiger partial charge in [0.1, 0.15) is 0 Å². The Morgan fingerprint density at radius 3 is 2.00 bits per heavy atom. The summed E-state index contributed by atoms with van der Waals surface area (Å²) in [5, 5.41) is 10.4. The lowest BCUT2D eigenvalue weighted by atomic mass is 9.97. The van der Waals surface area contributed by atoms with Crippen molar-refractivity contribution >= 4 is 5.91 Å². The number of allylic oxidation sites excluding steroid dienone is 1. The highest BCUT2D eigenvalue weighted by Crippen LogP contribution is 2.27. The van der Waals surface area contributed by atoms with E-state index in [9.17, 15) is 9.90 Å². The summed E-state index contributed by atoms with van der Waals surface area (Å²) >= 11 is 0. The van der Waals surface area contributed by atoms with Gasteiger partial charge in [-0.2, -0.15) is 0 Å². The molecule has 1 aliphatic rings. The van der Waals surface area contributed by atoms with E-state index in [2.05, 4.69) is 0 Å². The Labute approximate surface area is 149 Å². The van der Waals surface area contributed by atoms with Crippen molar-refractivity contribution in [1.29, 1.82) is 0 Å². The zero-order chi connectivity index (χ0) is 17.5. The molecular formula is C22H25NO2. The van der Waals surface area contributed by atoms with Gasteiger partial charge in [-0.25, -0.2) is 0 Å². The van der Waals surface area contributed by atoms with Crippen molar-refractivity contribution in [1.82, 2.24) is 4.90 Å². The molecule has 2 aromatic rings. The quantitative estimate of drug-likeness (QED) is 0.775. The zero-order valence-electron chi connectivity index (χ0n) is 14.5. The summed E-state index contributed by atoms with van der Waals surface area (Å²) in [5.74, 6) is 0.0847. The number of benzene rings is 2. The summed E-state index contributed by atoms with van der Waals surface area (Å²) in [7, 11) is 0. The molecule has 1 unspecified atom stereocenters. The van der Waals surface area contributed by atoms with Gasteiger partial charge in [-0.3, -0.25) is 4.79 Å². The van der Waals surface area contributed by atoms with Crippen molar-refractivity contribution in [2.45, 2.75) is 44.4 Å². The fraction of sp³-hybridized carbons (Fsp3) is 0.318. The smallest absolute Gasteiger partial charge is 0.223 e. The van der Waals surface area contributed by atoms with Crippen LogP contribution in [0.4, 0.5) is 0 Å². The lowest BCUT2D eigenvalue weighted by Crippen LogP contribution is -2.32. The van der Waals surface area contributed by atoms with E-state index in [0.29, 0.717) is 25.9 Å². The molecule has 130 valence electrons. The van der Waals surface area contributed by atoms with Crippen molar-refractivity contribution < 1.29 is 9.90 Å². The molecule has 1 atom stereocenters. The van der Waals surface area contributed by atoms with Gasteiger partial charge in [-0.15, -0.1) is 0 Å². The number of nitrogens with zero attached hydrogens (tertiary/aromatic N) is 1. The number of rotatable bonds is 7. The predicted molar refractivity (Wildman–Crippen MR) is 99.7 cm³/mol. The van der Waals surface area contributed by atoms with Gasteiger partial charge < -0.3 is 10.0 Å². The topological polar surface area (TPSA) is 40.5 Å². The van der Waals surface area contributed by atoms with Gasteiger partial charge in [-0.05, 0) is 30.4 Å². The highest BCUT2D eigenvalue weighted by atomic mass is 16.3. The largest absolute Gasteiger partial charge is 0.386 e. The fourth-order valence-corrected chi connectivity index (χ4v) is 3.25. The van der Waals surface area contributed by atoms with Crippen LogP contribution in [0, 0.1) is 0 Å². The lowest BCUT2D eigenvalue weighted by Gasteiger charge is -2.26. The average Bonchev–Trinajstić information content (AvgIpc) is 3.08. The molecule has 0 fully saturated rings. The first-order valence-electron chi connectivity index (χ1n) is 8.90. The third-order valence-corrected chi connectivity index (χ3v) is 4.73. The molecule has 3 heteroatoms. The van der Waals surface area contributed by atoms with Crippen LogP contribution in [0.2, 0.25) is 0 Å². The second-order valence-corrected chi connectivity index (χ2v) is 6.77. The van der Waals surface area contributed by atoms with E-state index < -0.39 is 5.60 Å². The molecule has 2 aromatic carbocycles. The number of hydrogen-bond acceptors (Lipinski definition) is 2. The van der Waals surface area contributed by atoms with E-state index >= 15 is 0 Å². The van der Waals surface area contributed by atoms with Gasteiger partial charge in [0.2, 0.25) is 5.91 Å². The summed E-state index contributed by atoms with van der Waals surface area (Å²) in [4.78, 5) is 14.7. The van der Waals surface area contributed by atoms with Gasteiger partial charge >= 0.3 is 0 Å². The Balaban J connectivity index is 1.68. The van der Waals surface area contributed by atoms with Crippen LogP contribution >= 0.6 is 0 Å². The van der Waals surface area contributed by atoms with Crippen LogP contribution in [-0.2, 0) is 17.9 Å². The minimum absolute atomic E-state index is 0.0847. The normalized spacial score (nSPS) is 19.1. The van der Waals surface area contributed by atoms with Gasteiger partial charge in [0.25, 0.3) is 0 Å². The minimum atomic E-state index is -0.805. The molecule has 1 N–H and O–H groups in total. The maximum atomic E-state index is 12.8. The maximum Gasteiger partial charge on any atom is 0.223 e. The highest BCUT2D eigenvalue weighted by Gasteiger charge is 2.28. The van der Waals surface area contributed by atoms with Crippen LogP contribution < -0.4 is 0 Å². The van der Waals surface area contributed by atoms with E-state index in [1.54, 1.807) is 0 Å². The molecule has 0 spiro atoms. The van der Waals surface area contributed by atoms with Crippen LogP contribution in [0.15, 0.2) is 72.8 Å². The highest BCUT2D eigenvalue weighted by molar-refractivity contribution is 5.76. The predicted octanol–water partition coefficient (Wildman–Crippen LogP) is 4.08. The number of amides is 1. The van der Waals surface area contributed by atoms with E-state index in [0.717, 1.165) is 24.0 Å². The standard InChI is InChI=1S/C22H25NO2/c24-21(13-16-22(25)14-7-8-15-22)23(17-19-9-3-1-4-10-19)18-20-11-5-2-6-12-20/h1-7,9-12,14,25H,8,13,15-18H2. The second kappa shape index (κ2) is 8.13. The Bertz CT molecular complexity index is 670. The molecule has 0 radical (unpaired) electrons. The van der Waals surface area contributed by atoms with Crippen LogP contribution in [0.3, 0.4) is 0 Å². The number of carbonyl (C=O) groups excluding carboxylic acids is 1. The van der Waals surface area contributed by atoms with Gasteiger partial charge in [0.15, 0.2) is 0 Å². The first kappa shape index (κ1) is 17.4. The third kappa shape index (κ3) is 5.04. The molecule has 1 aliphatic carbocycles. The van der Waals surface area contributed by atoms with E-state index in [1.165, 1.54) is 0 Å². The zero-order valence-corrected chi connectivity index (χ0v) is 14.5. The van der Waals surface area contributed by atoms with Crippen molar-refractivity contribution in [3.8, 4) is 0 Å². The molecule has 3 nitrogen and oxygen atoms in total. The monoisotopic (exact) mass is 335 g/mol. The molecule has 3 rings (SSSR count). The van der Waals surface area contributed by atoms with E-state index in [1.807, 2.05) is 77.7 Å². The molecule has 0 saturated carbocycles. The van der Waals surface area contributed by atoms with E-state index in [-0.39, 0.29) is 5.91 Å². The van der Waals surface area contributed by atoms with Crippen LogP contribution in [0.1, 0.15) is 36.8 Å². The minimum Gasteiger partial charge on any atom is -0.386 e. The van der Waals surface area contributed by atoms with Crippen molar-refractivity contribution in [3.05, 3.63) is 83.9 Å². The number of carbonyl (C=O) groups is 1. The average molecular weight is 335 g/mol. The molecule has 0 aliphatic heterocycles. The molecule has 25 heavy (non-hydrogen) atoms. The third-order valence-electron chi connectivity index (χ3n) is 4.73. The Morgan fingerprint density at radius 2 is 1.52 bits per heavy atom. The summed E-state index contributed by atoms with van der Waals surface area (Å²) in [6, 6.07) is 20.1.